The third-order valence-corrected chi connectivity index (χ3v) is 4.09. The van der Waals surface area contributed by atoms with E-state index in [1.165, 1.54) is 6.21 Å². The highest BCUT2D eigenvalue weighted by Gasteiger charge is 2.10. The van der Waals surface area contributed by atoms with E-state index < -0.39 is 0 Å². The molecule has 0 aliphatic rings. The van der Waals surface area contributed by atoms with E-state index in [9.17, 15) is 4.79 Å². The lowest BCUT2D eigenvalue weighted by molar-refractivity contribution is -0.123. The molecule has 5 nitrogen and oxygen atoms in total. The van der Waals surface area contributed by atoms with Crippen molar-refractivity contribution < 1.29 is 13.9 Å². The molecule has 0 radical (unpaired) electrons. The van der Waals surface area contributed by atoms with Gasteiger partial charge in [0.2, 0.25) is 0 Å². The Morgan fingerprint density at radius 1 is 1.32 bits per heavy atom. The van der Waals surface area contributed by atoms with Crippen LogP contribution in [0, 0.1) is 6.92 Å². The maximum absolute atomic E-state index is 11.7. The van der Waals surface area contributed by atoms with Gasteiger partial charge in [0, 0.05) is 4.47 Å². The molecule has 0 saturated heterocycles. The average Bonchev–Trinajstić information content (AvgIpc) is 2.83. The number of ether oxygens (including phenoxy) is 1. The van der Waals surface area contributed by atoms with Gasteiger partial charge in [-0.15, -0.1) is 0 Å². The smallest absolute Gasteiger partial charge is 0.277 e. The summed E-state index contributed by atoms with van der Waals surface area (Å²) in [5, 5.41) is 3.80. The van der Waals surface area contributed by atoms with Crippen molar-refractivity contribution in [3.63, 3.8) is 0 Å². The van der Waals surface area contributed by atoms with Crippen molar-refractivity contribution in [2.24, 2.45) is 5.10 Å². The molecule has 22 heavy (non-hydrogen) atoms. The van der Waals surface area contributed by atoms with E-state index in [-0.39, 0.29) is 12.5 Å². The molecule has 0 bridgehead atoms. The second-order valence-electron chi connectivity index (χ2n) is 4.23. The highest BCUT2D eigenvalue weighted by molar-refractivity contribution is 9.11. The zero-order valence-electron chi connectivity index (χ0n) is 11.4. The minimum absolute atomic E-state index is 0.159. The molecule has 0 aliphatic carbocycles. The van der Waals surface area contributed by atoms with Crippen molar-refractivity contribution in [1.82, 2.24) is 5.43 Å². The summed E-state index contributed by atoms with van der Waals surface area (Å²) in [6.07, 6.45) is 1.43. The lowest BCUT2D eigenvalue weighted by atomic mass is 10.3. The molecule has 1 aromatic carbocycles. The average molecular weight is 495 g/mol. The predicted octanol–water partition coefficient (Wildman–Crippen LogP) is 4.40. The number of furan rings is 1. The molecule has 2 rings (SSSR count). The van der Waals surface area contributed by atoms with Crippen LogP contribution >= 0.6 is 47.8 Å². The number of aryl methyl sites for hydroxylation is 1. The zero-order valence-corrected chi connectivity index (χ0v) is 16.2. The largest absolute Gasteiger partial charge is 0.481 e. The van der Waals surface area contributed by atoms with Gasteiger partial charge in [-0.05, 0) is 63.0 Å². The monoisotopic (exact) mass is 492 g/mol. The summed E-state index contributed by atoms with van der Waals surface area (Å²) >= 11 is 10.1. The fourth-order valence-corrected chi connectivity index (χ4v) is 4.02. The summed E-state index contributed by atoms with van der Waals surface area (Å²) in [5.74, 6) is 1.52. The Hall–Kier alpha value is -1.12. The zero-order chi connectivity index (χ0) is 16.1. The van der Waals surface area contributed by atoms with Gasteiger partial charge in [0.05, 0.1) is 15.2 Å². The van der Waals surface area contributed by atoms with Gasteiger partial charge in [-0.25, -0.2) is 5.43 Å². The molecule has 2 aromatic rings. The topological polar surface area (TPSA) is 63.8 Å². The molecule has 0 atom stereocenters. The quantitative estimate of drug-likeness (QED) is 0.495. The third-order valence-electron chi connectivity index (χ3n) is 2.45. The van der Waals surface area contributed by atoms with Crippen LogP contribution in [0.1, 0.15) is 11.5 Å². The number of nitrogens with one attached hydrogen (secondary N) is 1. The fraction of sp³-hybridized carbons (Fsp3) is 0.143. The van der Waals surface area contributed by atoms with Gasteiger partial charge in [0.15, 0.2) is 6.61 Å². The van der Waals surface area contributed by atoms with Crippen LogP contribution in [0.3, 0.4) is 0 Å². The first-order chi connectivity index (χ1) is 10.5. The van der Waals surface area contributed by atoms with Crippen LogP contribution in [0.4, 0.5) is 0 Å². The van der Waals surface area contributed by atoms with Gasteiger partial charge in [-0.2, -0.15) is 5.10 Å². The molecule has 8 heteroatoms. The summed E-state index contributed by atoms with van der Waals surface area (Å²) in [7, 11) is 0. The predicted molar refractivity (Wildman–Crippen MR) is 94.2 cm³/mol. The lowest BCUT2D eigenvalue weighted by Gasteiger charge is -2.09. The Morgan fingerprint density at radius 3 is 2.59 bits per heavy atom. The molecule has 1 heterocycles. The summed E-state index contributed by atoms with van der Waals surface area (Å²) in [5.41, 5.74) is 2.37. The van der Waals surface area contributed by atoms with Gasteiger partial charge < -0.3 is 9.15 Å². The second kappa shape index (κ2) is 7.94. The number of amides is 1. The van der Waals surface area contributed by atoms with E-state index in [4.69, 9.17) is 9.15 Å². The molecule has 1 aromatic heterocycles. The first-order valence-corrected chi connectivity index (χ1v) is 8.49. The molecular formula is C14H11Br3N2O3. The van der Waals surface area contributed by atoms with E-state index in [1.807, 2.05) is 25.1 Å². The van der Waals surface area contributed by atoms with Crippen molar-refractivity contribution in [1.29, 1.82) is 0 Å². The summed E-state index contributed by atoms with van der Waals surface area (Å²) in [6, 6.07) is 7.23. The van der Waals surface area contributed by atoms with Crippen molar-refractivity contribution in [3.8, 4) is 5.75 Å². The number of carbonyl (C=O) groups is 1. The Labute approximate surface area is 152 Å². The van der Waals surface area contributed by atoms with Gasteiger partial charge in [0.1, 0.15) is 17.3 Å². The maximum atomic E-state index is 11.7. The number of carbonyl (C=O) groups excluding carboxylic acids is 1. The van der Waals surface area contributed by atoms with Gasteiger partial charge in [0.25, 0.3) is 5.91 Å². The Bertz CT molecular complexity index is 690. The minimum Gasteiger partial charge on any atom is -0.481 e. The summed E-state index contributed by atoms with van der Waals surface area (Å²) in [6.45, 7) is 1.67. The molecule has 0 fully saturated rings. The van der Waals surface area contributed by atoms with Crippen LogP contribution in [0.5, 0.6) is 5.75 Å². The summed E-state index contributed by atoms with van der Waals surface area (Å²) < 4.78 is 13.1. The molecule has 1 N–H and O–H groups in total. The molecule has 1 amide bonds. The molecule has 0 spiro atoms. The Kier molecular flexibility index (Phi) is 6.22. The van der Waals surface area contributed by atoms with Crippen LogP contribution in [0.15, 0.2) is 47.2 Å². The Balaban J connectivity index is 1.87. The number of benzene rings is 1. The van der Waals surface area contributed by atoms with E-state index in [0.29, 0.717) is 11.5 Å². The van der Waals surface area contributed by atoms with Crippen LogP contribution in [0.2, 0.25) is 0 Å². The van der Waals surface area contributed by atoms with E-state index in [2.05, 4.69) is 58.3 Å². The number of hydrazone groups is 1. The number of nitrogens with zero attached hydrogens (tertiary/aromatic N) is 1. The Morgan fingerprint density at radius 2 is 2.00 bits per heavy atom. The minimum atomic E-state index is -0.374. The lowest BCUT2D eigenvalue weighted by Crippen LogP contribution is -2.24. The van der Waals surface area contributed by atoms with Crippen molar-refractivity contribution >= 4 is 59.9 Å². The number of halogens is 3. The first-order valence-electron chi connectivity index (χ1n) is 6.11. The van der Waals surface area contributed by atoms with Crippen LogP contribution in [0.25, 0.3) is 0 Å². The normalized spacial score (nSPS) is 10.9. The van der Waals surface area contributed by atoms with Gasteiger partial charge >= 0.3 is 0 Å². The highest BCUT2D eigenvalue weighted by Crippen LogP contribution is 2.36. The van der Waals surface area contributed by atoms with Gasteiger partial charge in [-0.1, -0.05) is 15.9 Å². The number of rotatable bonds is 5. The SMILES string of the molecule is Cc1ccc(/C=N\NC(=O)COc2c(Br)cc(Br)cc2Br)o1. The van der Waals surface area contributed by atoms with Crippen LogP contribution in [-0.4, -0.2) is 18.7 Å². The standard InChI is InChI=1S/C14H11Br3N2O3/c1-8-2-3-10(22-8)6-18-19-13(20)7-21-14-11(16)4-9(15)5-12(14)17/h2-6H,7H2,1H3,(H,19,20)/b18-6-. The van der Waals surface area contributed by atoms with E-state index in [1.54, 1.807) is 6.07 Å². The molecule has 116 valence electrons. The molecular weight excluding hydrogens is 484 g/mol. The summed E-state index contributed by atoms with van der Waals surface area (Å²) in [4.78, 5) is 11.7. The van der Waals surface area contributed by atoms with Crippen molar-refractivity contribution in [2.45, 2.75) is 6.92 Å². The van der Waals surface area contributed by atoms with Gasteiger partial charge in [-0.3, -0.25) is 4.79 Å². The number of hydrogen-bond acceptors (Lipinski definition) is 4. The van der Waals surface area contributed by atoms with Crippen LogP contribution in [-0.2, 0) is 4.79 Å². The van der Waals surface area contributed by atoms with Crippen LogP contribution < -0.4 is 10.2 Å². The first kappa shape index (κ1) is 17.2. The number of hydrogen-bond donors (Lipinski definition) is 1. The van der Waals surface area contributed by atoms with Crippen molar-refractivity contribution in [3.05, 3.63) is 49.2 Å². The molecule has 0 aliphatic heterocycles. The molecule has 0 saturated carbocycles. The van der Waals surface area contributed by atoms with E-state index in [0.717, 1.165) is 19.2 Å². The second-order valence-corrected chi connectivity index (χ2v) is 6.85. The molecule has 0 unspecified atom stereocenters. The fourth-order valence-electron chi connectivity index (χ4n) is 1.53. The highest BCUT2D eigenvalue weighted by atomic mass is 79.9. The van der Waals surface area contributed by atoms with Crippen molar-refractivity contribution in [2.75, 3.05) is 6.61 Å². The third kappa shape index (κ3) is 4.96. The van der Waals surface area contributed by atoms with E-state index >= 15 is 0 Å². The maximum Gasteiger partial charge on any atom is 0.277 e.